The maximum absolute atomic E-state index is 11.5. The molecule has 0 amide bonds. The minimum Gasteiger partial charge on any atom is -0.431 e. The third-order valence-corrected chi connectivity index (χ3v) is 4.86. The Bertz CT molecular complexity index is 1060. The molecule has 7 nitrogen and oxygen atoms in total. The average Bonchev–Trinajstić information content (AvgIpc) is 3.18. The number of para-hydroxylation sites is 2. The molecule has 4 aromatic rings. The van der Waals surface area contributed by atoms with Crippen LogP contribution >= 0.6 is 11.8 Å². The topological polar surface area (TPSA) is 87.0 Å². The number of rotatable bonds is 5. The number of hydrogen-bond acceptors (Lipinski definition) is 6. The lowest BCUT2D eigenvalue weighted by Crippen LogP contribution is -2.04. The van der Waals surface area contributed by atoms with E-state index in [1.807, 2.05) is 59.2 Å². The van der Waals surface area contributed by atoms with Crippen molar-refractivity contribution < 1.29 is 9.34 Å². The maximum Gasteiger partial charge on any atom is 0.396 e. The summed E-state index contributed by atoms with van der Waals surface area (Å²) in [5, 5.41) is 12.2. The van der Waals surface area contributed by atoms with Crippen molar-refractivity contribution in [1.29, 1.82) is 0 Å². The Labute approximate surface area is 152 Å². The predicted octanol–water partition coefficient (Wildman–Crippen LogP) is 4.44. The Balaban J connectivity index is 1.76. The van der Waals surface area contributed by atoms with Crippen LogP contribution in [0.3, 0.4) is 0 Å². The summed E-state index contributed by atoms with van der Waals surface area (Å²) < 4.78 is 7.52. The molecule has 2 aromatic carbocycles. The van der Waals surface area contributed by atoms with Gasteiger partial charge >= 0.3 is 5.82 Å². The Morgan fingerprint density at radius 2 is 1.85 bits per heavy atom. The van der Waals surface area contributed by atoms with E-state index < -0.39 is 4.92 Å². The molecule has 0 saturated carbocycles. The molecule has 0 N–H and O–H groups in total. The van der Waals surface area contributed by atoms with Crippen molar-refractivity contribution in [2.75, 3.05) is 0 Å². The van der Waals surface area contributed by atoms with Crippen molar-refractivity contribution in [1.82, 2.24) is 14.5 Å². The summed E-state index contributed by atoms with van der Waals surface area (Å²) in [5.74, 6) is 0.379. The number of aryl methyl sites for hydroxylation is 1. The van der Waals surface area contributed by atoms with Gasteiger partial charge in [-0.05, 0) is 39.4 Å². The van der Waals surface area contributed by atoms with Gasteiger partial charge in [-0.1, -0.05) is 42.5 Å². The van der Waals surface area contributed by atoms with Crippen LogP contribution in [-0.4, -0.2) is 19.5 Å². The highest BCUT2D eigenvalue weighted by atomic mass is 32.2. The molecule has 0 aliphatic heterocycles. The highest BCUT2D eigenvalue weighted by Crippen LogP contribution is 2.36. The van der Waals surface area contributed by atoms with Crippen molar-refractivity contribution >= 4 is 28.7 Å². The van der Waals surface area contributed by atoms with Crippen LogP contribution in [-0.2, 0) is 6.54 Å². The van der Waals surface area contributed by atoms with Crippen LogP contribution in [0.15, 0.2) is 69.3 Å². The molecule has 0 radical (unpaired) electrons. The fourth-order valence-corrected chi connectivity index (χ4v) is 3.64. The van der Waals surface area contributed by atoms with Crippen LogP contribution in [0.2, 0.25) is 0 Å². The third kappa shape index (κ3) is 3.06. The van der Waals surface area contributed by atoms with Crippen LogP contribution in [0.4, 0.5) is 5.82 Å². The van der Waals surface area contributed by atoms with Crippen molar-refractivity contribution in [3.8, 4) is 0 Å². The van der Waals surface area contributed by atoms with E-state index in [-0.39, 0.29) is 5.82 Å². The highest BCUT2D eigenvalue weighted by Gasteiger charge is 2.28. The van der Waals surface area contributed by atoms with Gasteiger partial charge in [0.2, 0.25) is 5.82 Å². The van der Waals surface area contributed by atoms with Crippen molar-refractivity contribution in [2.24, 2.45) is 0 Å². The van der Waals surface area contributed by atoms with E-state index >= 15 is 0 Å². The van der Waals surface area contributed by atoms with E-state index in [1.54, 1.807) is 6.92 Å². The molecule has 0 aliphatic rings. The van der Waals surface area contributed by atoms with Crippen molar-refractivity contribution in [2.45, 2.75) is 23.7 Å². The molecular formula is C18H14N4O3S. The van der Waals surface area contributed by atoms with Gasteiger partial charge in [0.05, 0.1) is 6.54 Å². The summed E-state index contributed by atoms with van der Waals surface area (Å²) in [4.78, 5) is 19.5. The smallest absolute Gasteiger partial charge is 0.396 e. The maximum atomic E-state index is 11.5. The van der Waals surface area contributed by atoms with Crippen LogP contribution in [0, 0.1) is 17.0 Å². The largest absolute Gasteiger partial charge is 0.431 e. The number of aromatic nitrogens is 3. The molecule has 8 heteroatoms. The summed E-state index contributed by atoms with van der Waals surface area (Å²) in [5.41, 5.74) is 2.38. The van der Waals surface area contributed by atoms with E-state index in [9.17, 15) is 10.1 Å². The second-order valence-electron chi connectivity index (χ2n) is 5.67. The monoisotopic (exact) mass is 366 g/mol. The quantitative estimate of drug-likeness (QED) is 0.383. The summed E-state index contributed by atoms with van der Waals surface area (Å²) in [6.07, 6.45) is 0. The summed E-state index contributed by atoms with van der Waals surface area (Å²) in [6.45, 7) is 2.24. The molecule has 0 saturated heterocycles. The molecule has 130 valence electrons. The summed E-state index contributed by atoms with van der Waals surface area (Å²) in [6, 6.07) is 17.1. The third-order valence-electron chi connectivity index (χ3n) is 3.91. The Morgan fingerprint density at radius 1 is 1.12 bits per heavy atom. The van der Waals surface area contributed by atoms with Gasteiger partial charge in [-0.3, -0.25) is 4.57 Å². The molecule has 0 spiro atoms. The van der Waals surface area contributed by atoms with Gasteiger partial charge in [0, 0.05) is 6.92 Å². The van der Waals surface area contributed by atoms with Crippen LogP contribution in [0.5, 0.6) is 0 Å². The van der Waals surface area contributed by atoms with Crippen molar-refractivity contribution in [3.05, 3.63) is 76.1 Å². The lowest BCUT2D eigenvalue weighted by atomic mass is 10.2. The lowest BCUT2D eigenvalue weighted by molar-refractivity contribution is -0.392. The van der Waals surface area contributed by atoms with Crippen LogP contribution in [0.25, 0.3) is 11.1 Å². The number of nitrogens with zero attached hydrogens (tertiary/aromatic N) is 4. The van der Waals surface area contributed by atoms with Gasteiger partial charge in [-0.25, -0.2) is 4.98 Å². The molecule has 26 heavy (non-hydrogen) atoms. The van der Waals surface area contributed by atoms with E-state index in [0.29, 0.717) is 33.7 Å². The molecule has 4 rings (SSSR count). The fourth-order valence-electron chi connectivity index (χ4n) is 2.68. The Hall–Kier alpha value is -3.13. The SMILES string of the molecule is Cc1nc([N+](=O)[O-])c(Sc2nc3ccccc3o2)n1Cc1ccccc1. The zero-order valence-electron chi connectivity index (χ0n) is 13.8. The average molecular weight is 366 g/mol. The molecule has 0 aliphatic carbocycles. The number of benzene rings is 2. The summed E-state index contributed by atoms with van der Waals surface area (Å²) in [7, 11) is 0. The fraction of sp³-hybridized carbons (Fsp3) is 0.111. The Kier molecular flexibility index (Phi) is 4.18. The predicted molar refractivity (Wildman–Crippen MR) is 97.3 cm³/mol. The van der Waals surface area contributed by atoms with Crippen LogP contribution in [0.1, 0.15) is 11.4 Å². The van der Waals surface area contributed by atoms with E-state index in [4.69, 9.17) is 4.42 Å². The number of oxazole rings is 1. The molecule has 0 fully saturated rings. The van der Waals surface area contributed by atoms with Crippen molar-refractivity contribution in [3.63, 3.8) is 0 Å². The number of nitro groups is 1. The molecule has 2 heterocycles. The minimum atomic E-state index is -0.473. The molecule has 2 aromatic heterocycles. The van der Waals surface area contributed by atoms with Crippen LogP contribution < -0.4 is 0 Å². The molecule has 0 bridgehead atoms. The first kappa shape index (κ1) is 16.3. The van der Waals surface area contributed by atoms with E-state index in [1.165, 1.54) is 0 Å². The first-order chi connectivity index (χ1) is 12.6. The zero-order chi connectivity index (χ0) is 18.1. The van der Waals surface area contributed by atoms with Gasteiger partial charge in [-0.2, -0.15) is 0 Å². The van der Waals surface area contributed by atoms with Gasteiger partial charge in [0.1, 0.15) is 5.52 Å². The second-order valence-corrected chi connectivity index (χ2v) is 6.61. The highest BCUT2D eigenvalue weighted by molar-refractivity contribution is 7.99. The molecule has 0 unspecified atom stereocenters. The van der Waals surface area contributed by atoms with Gasteiger partial charge in [0.15, 0.2) is 10.6 Å². The molecule has 0 atom stereocenters. The standard InChI is InChI=1S/C18H14N4O3S/c1-12-19-16(22(23)24)17(21(12)11-13-7-3-2-4-8-13)26-18-20-14-9-5-6-10-15(14)25-18/h2-10H,11H2,1H3. The van der Waals surface area contributed by atoms with Gasteiger partial charge in [-0.15, -0.1) is 0 Å². The lowest BCUT2D eigenvalue weighted by Gasteiger charge is -2.06. The van der Waals surface area contributed by atoms with Gasteiger partial charge in [0.25, 0.3) is 5.22 Å². The number of fused-ring (bicyclic) bond motifs is 1. The normalized spacial score (nSPS) is 11.1. The number of hydrogen-bond donors (Lipinski definition) is 0. The number of imidazole rings is 1. The summed E-state index contributed by atoms with van der Waals surface area (Å²) >= 11 is 1.12. The minimum absolute atomic E-state index is 0.189. The zero-order valence-corrected chi connectivity index (χ0v) is 14.6. The first-order valence-electron chi connectivity index (χ1n) is 7.90. The van der Waals surface area contributed by atoms with E-state index in [2.05, 4.69) is 9.97 Å². The first-order valence-corrected chi connectivity index (χ1v) is 8.72. The molecular weight excluding hydrogens is 352 g/mol. The van der Waals surface area contributed by atoms with Gasteiger partial charge < -0.3 is 14.5 Å². The Morgan fingerprint density at radius 3 is 2.58 bits per heavy atom. The van der Waals surface area contributed by atoms with E-state index in [0.717, 1.165) is 17.3 Å². The second kappa shape index (κ2) is 6.64.